The Balaban J connectivity index is 1.39. The number of amides is 1. The van der Waals surface area contributed by atoms with Crippen LogP contribution in [0, 0.1) is 0 Å². The summed E-state index contributed by atoms with van der Waals surface area (Å²) < 4.78 is 12.8. The summed E-state index contributed by atoms with van der Waals surface area (Å²) in [6.07, 6.45) is 3.75. The van der Waals surface area contributed by atoms with Gasteiger partial charge in [0.25, 0.3) is 5.91 Å². The summed E-state index contributed by atoms with van der Waals surface area (Å²) in [7, 11) is 0. The van der Waals surface area contributed by atoms with E-state index in [-0.39, 0.29) is 12.5 Å². The van der Waals surface area contributed by atoms with Gasteiger partial charge in [-0.2, -0.15) is 5.10 Å². The Morgan fingerprint density at radius 2 is 2.08 bits per heavy atom. The number of hydrogen-bond acceptors (Lipinski definition) is 5. The quantitative estimate of drug-likeness (QED) is 0.770. The summed E-state index contributed by atoms with van der Waals surface area (Å²) in [6.45, 7) is 6.30. The molecule has 1 amide bonds. The number of hydrogen-bond donors (Lipinski definition) is 1. The molecule has 7 nitrogen and oxygen atoms in total. The molecule has 1 aromatic heterocycles. The molecular weight excluding hydrogens is 332 g/mol. The number of carbonyl (C=O) groups is 1. The second-order valence-electron chi connectivity index (χ2n) is 6.44. The highest BCUT2D eigenvalue weighted by Crippen LogP contribution is 2.13. The van der Waals surface area contributed by atoms with Crippen LogP contribution in [0.2, 0.25) is 0 Å². The third kappa shape index (κ3) is 5.57. The lowest BCUT2D eigenvalue weighted by atomic mass is 10.2. The Morgan fingerprint density at radius 1 is 1.31 bits per heavy atom. The highest BCUT2D eigenvalue weighted by Gasteiger charge is 2.17. The molecule has 0 radical (unpaired) electrons. The third-order valence-corrected chi connectivity index (χ3v) is 4.32. The van der Waals surface area contributed by atoms with Gasteiger partial charge in [0.15, 0.2) is 6.61 Å². The maximum atomic E-state index is 12.1. The maximum absolute atomic E-state index is 12.1. The Bertz CT molecular complexity index is 667. The van der Waals surface area contributed by atoms with Gasteiger partial charge < -0.3 is 19.7 Å². The summed E-state index contributed by atoms with van der Waals surface area (Å²) in [6, 6.07) is 10.1. The van der Waals surface area contributed by atoms with E-state index in [4.69, 9.17) is 9.47 Å². The average Bonchev–Trinajstić information content (AvgIpc) is 3.19. The van der Waals surface area contributed by atoms with Crippen molar-refractivity contribution >= 4 is 5.91 Å². The van der Waals surface area contributed by atoms with Crippen molar-refractivity contribution in [1.82, 2.24) is 20.0 Å². The number of rotatable bonds is 8. The molecule has 0 spiro atoms. The van der Waals surface area contributed by atoms with Crippen LogP contribution in [0.1, 0.15) is 12.5 Å². The standard InChI is InChI=1S/C19H26N4O3/c1-16(14-23-8-2-7-21-23)20-13-17-3-5-18(6-4-17)26-15-19(24)22-9-11-25-12-10-22/h2-8,16,20H,9-15H2,1H3/t16-/m1/s1. The van der Waals surface area contributed by atoms with Crippen molar-refractivity contribution < 1.29 is 14.3 Å². The number of morpholine rings is 1. The summed E-state index contributed by atoms with van der Waals surface area (Å²) in [5.74, 6) is 0.714. The highest BCUT2D eigenvalue weighted by molar-refractivity contribution is 5.77. The summed E-state index contributed by atoms with van der Waals surface area (Å²) >= 11 is 0. The first-order chi connectivity index (χ1) is 12.7. The smallest absolute Gasteiger partial charge is 0.260 e. The van der Waals surface area contributed by atoms with E-state index in [0.29, 0.717) is 38.1 Å². The van der Waals surface area contributed by atoms with Crippen molar-refractivity contribution in [3.8, 4) is 5.75 Å². The van der Waals surface area contributed by atoms with E-state index >= 15 is 0 Å². The van der Waals surface area contributed by atoms with Crippen molar-refractivity contribution in [1.29, 1.82) is 0 Å². The van der Waals surface area contributed by atoms with Gasteiger partial charge in [-0.25, -0.2) is 0 Å². The van der Waals surface area contributed by atoms with Gasteiger partial charge in [0.05, 0.1) is 19.8 Å². The lowest BCUT2D eigenvalue weighted by Gasteiger charge is -2.26. The zero-order valence-corrected chi connectivity index (χ0v) is 15.1. The predicted molar refractivity (Wildman–Crippen MR) is 97.9 cm³/mol. The van der Waals surface area contributed by atoms with E-state index in [2.05, 4.69) is 17.3 Å². The molecule has 2 heterocycles. The van der Waals surface area contributed by atoms with Gasteiger partial charge >= 0.3 is 0 Å². The minimum absolute atomic E-state index is 0.00601. The minimum Gasteiger partial charge on any atom is -0.484 e. The fraction of sp³-hybridized carbons (Fsp3) is 0.474. The molecule has 1 aromatic carbocycles. The molecule has 2 aromatic rings. The first-order valence-electron chi connectivity index (χ1n) is 8.99. The molecule has 3 rings (SSSR count). The highest BCUT2D eigenvalue weighted by atomic mass is 16.5. The van der Waals surface area contributed by atoms with Crippen LogP contribution < -0.4 is 10.1 Å². The molecule has 0 bridgehead atoms. The van der Waals surface area contributed by atoms with Crippen LogP contribution in [0.3, 0.4) is 0 Å². The fourth-order valence-corrected chi connectivity index (χ4v) is 2.80. The van der Waals surface area contributed by atoms with E-state index in [0.717, 1.165) is 13.1 Å². The molecule has 140 valence electrons. The van der Waals surface area contributed by atoms with Gasteiger partial charge in [-0.05, 0) is 30.7 Å². The van der Waals surface area contributed by atoms with Crippen molar-refractivity contribution in [2.75, 3.05) is 32.9 Å². The summed E-state index contributed by atoms with van der Waals surface area (Å²) in [5, 5.41) is 7.69. The second-order valence-corrected chi connectivity index (χ2v) is 6.44. The zero-order valence-electron chi connectivity index (χ0n) is 15.1. The number of ether oxygens (including phenoxy) is 2. The number of benzene rings is 1. The molecule has 1 fully saturated rings. The summed E-state index contributed by atoms with van der Waals surface area (Å²) in [4.78, 5) is 13.9. The molecule has 1 aliphatic rings. The molecule has 7 heteroatoms. The molecule has 1 saturated heterocycles. The van der Waals surface area contributed by atoms with E-state index in [1.165, 1.54) is 5.56 Å². The molecule has 26 heavy (non-hydrogen) atoms. The van der Waals surface area contributed by atoms with Crippen LogP contribution in [-0.4, -0.2) is 59.5 Å². The monoisotopic (exact) mass is 358 g/mol. The van der Waals surface area contributed by atoms with Gasteiger partial charge in [-0.15, -0.1) is 0 Å². The van der Waals surface area contributed by atoms with E-state index in [1.54, 1.807) is 11.1 Å². The van der Waals surface area contributed by atoms with Crippen LogP contribution in [0.25, 0.3) is 0 Å². The van der Waals surface area contributed by atoms with Crippen LogP contribution >= 0.6 is 0 Å². The Morgan fingerprint density at radius 3 is 2.77 bits per heavy atom. The zero-order chi connectivity index (χ0) is 18.2. The van der Waals surface area contributed by atoms with Crippen LogP contribution in [0.15, 0.2) is 42.7 Å². The molecule has 1 atom stereocenters. The first-order valence-corrected chi connectivity index (χ1v) is 8.99. The second kappa shape index (κ2) is 9.35. The van der Waals surface area contributed by atoms with E-state index in [9.17, 15) is 4.79 Å². The summed E-state index contributed by atoms with van der Waals surface area (Å²) in [5.41, 5.74) is 1.17. The van der Waals surface area contributed by atoms with Gasteiger partial charge in [0.1, 0.15) is 5.75 Å². The first kappa shape index (κ1) is 18.4. The number of aromatic nitrogens is 2. The number of carbonyl (C=O) groups excluding carboxylic acids is 1. The topological polar surface area (TPSA) is 68.6 Å². The van der Waals surface area contributed by atoms with Crippen molar-refractivity contribution in [3.63, 3.8) is 0 Å². The van der Waals surface area contributed by atoms with E-state index < -0.39 is 0 Å². The predicted octanol–water partition coefficient (Wildman–Crippen LogP) is 1.30. The van der Waals surface area contributed by atoms with Gasteiger partial charge in [-0.1, -0.05) is 12.1 Å². The molecule has 1 N–H and O–H groups in total. The maximum Gasteiger partial charge on any atom is 0.260 e. The van der Waals surface area contributed by atoms with Crippen molar-refractivity contribution in [2.24, 2.45) is 0 Å². The Labute approximate surface area is 153 Å². The largest absolute Gasteiger partial charge is 0.484 e. The van der Waals surface area contributed by atoms with Crippen LogP contribution in [0.5, 0.6) is 5.75 Å². The minimum atomic E-state index is 0.00601. The van der Waals surface area contributed by atoms with E-state index in [1.807, 2.05) is 41.2 Å². The molecule has 0 unspecified atom stereocenters. The van der Waals surface area contributed by atoms with Crippen molar-refractivity contribution in [3.05, 3.63) is 48.3 Å². The van der Waals surface area contributed by atoms with Gasteiger partial charge in [-0.3, -0.25) is 9.48 Å². The Kier molecular flexibility index (Phi) is 6.62. The lowest BCUT2D eigenvalue weighted by molar-refractivity contribution is -0.137. The number of nitrogens with one attached hydrogen (secondary N) is 1. The van der Waals surface area contributed by atoms with Gasteiger partial charge in [0, 0.05) is 38.1 Å². The fourth-order valence-electron chi connectivity index (χ4n) is 2.80. The molecular formula is C19H26N4O3. The normalized spacial score (nSPS) is 15.7. The molecule has 0 aliphatic carbocycles. The van der Waals surface area contributed by atoms with Crippen LogP contribution in [-0.2, 0) is 22.6 Å². The SMILES string of the molecule is C[C@H](Cn1cccn1)NCc1ccc(OCC(=O)N2CCOCC2)cc1. The molecule has 0 saturated carbocycles. The van der Waals surface area contributed by atoms with Crippen molar-refractivity contribution in [2.45, 2.75) is 26.1 Å². The number of nitrogens with zero attached hydrogens (tertiary/aromatic N) is 3. The lowest BCUT2D eigenvalue weighted by Crippen LogP contribution is -2.42. The van der Waals surface area contributed by atoms with Gasteiger partial charge in [0.2, 0.25) is 0 Å². The third-order valence-electron chi connectivity index (χ3n) is 4.32. The van der Waals surface area contributed by atoms with Crippen LogP contribution in [0.4, 0.5) is 0 Å². The molecule has 1 aliphatic heterocycles. The average molecular weight is 358 g/mol. The Hall–Kier alpha value is -2.38.